The first-order valence-electron chi connectivity index (χ1n) is 9.16. The predicted octanol–water partition coefficient (Wildman–Crippen LogP) is 5.37. The van der Waals surface area contributed by atoms with Gasteiger partial charge in [-0.05, 0) is 30.9 Å². The van der Waals surface area contributed by atoms with E-state index < -0.39 is 6.16 Å². The molecule has 0 bridgehead atoms. The second kappa shape index (κ2) is 9.55. The van der Waals surface area contributed by atoms with Crippen molar-refractivity contribution in [2.24, 2.45) is 0 Å². The van der Waals surface area contributed by atoms with Crippen molar-refractivity contribution in [1.29, 1.82) is 0 Å². The molecule has 146 valence electrons. The average Bonchev–Trinajstić information content (AvgIpc) is 3.34. The first kappa shape index (κ1) is 19.4. The maximum atomic E-state index is 12.2. The summed E-state index contributed by atoms with van der Waals surface area (Å²) in [6.07, 6.45) is 5.24. The van der Waals surface area contributed by atoms with Crippen LogP contribution in [-0.2, 0) is 6.42 Å². The van der Waals surface area contributed by atoms with Crippen LogP contribution in [0, 0.1) is 0 Å². The molecule has 1 aromatic carbocycles. The smallest absolute Gasteiger partial charge is 0.449 e. The van der Waals surface area contributed by atoms with Crippen molar-refractivity contribution in [3.63, 3.8) is 0 Å². The summed E-state index contributed by atoms with van der Waals surface area (Å²) in [6, 6.07) is 13.2. The number of ether oxygens (including phenoxy) is 1. The average molecular weight is 383 g/mol. The zero-order valence-corrected chi connectivity index (χ0v) is 15.3. The number of carbonyl (C=O) groups excluding carboxylic acids is 1. The minimum absolute atomic E-state index is 0.0244. The van der Waals surface area contributed by atoms with Crippen LogP contribution in [0.1, 0.15) is 48.4 Å². The van der Waals surface area contributed by atoms with Crippen LogP contribution in [0.25, 0.3) is 11.5 Å². The number of carbonyl (C=O) groups is 2. The summed E-state index contributed by atoms with van der Waals surface area (Å²) in [7, 11) is 0. The Morgan fingerprint density at radius 3 is 2.50 bits per heavy atom. The number of unbranched alkanes of at least 4 members (excludes halogenated alkanes) is 3. The fraction of sp³-hybridized carbons (Fsp3) is 0.286. The second-order valence-corrected chi connectivity index (χ2v) is 6.34. The number of nitrogens with zero attached hydrogens (tertiary/aromatic N) is 1. The minimum Gasteiger partial charge on any atom is -0.449 e. The van der Waals surface area contributed by atoms with E-state index in [1.54, 1.807) is 0 Å². The standard InChI is InChI=1S/C21H21NO6/c23-16(11-7-2-1-4-8-15-9-5-3-6-10-15)20-22-14-18(27-20)17-12-13-19(26-17)28-21(24)25/h3,5-6,9-10,12-14H,1-2,4,7-8,11H2,(H,24,25). The lowest BCUT2D eigenvalue weighted by molar-refractivity contribution is 0.0946. The highest BCUT2D eigenvalue weighted by atomic mass is 16.7. The molecule has 3 rings (SSSR count). The van der Waals surface area contributed by atoms with Crippen molar-refractivity contribution < 1.29 is 28.3 Å². The topological polar surface area (TPSA) is 103 Å². The van der Waals surface area contributed by atoms with Crippen molar-refractivity contribution in [1.82, 2.24) is 4.98 Å². The highest BCUT2D eigenvalue weighted by molar-refractivity contribution is 5.91. The molecule has 0 aliphatic rings. The maximum absolute atomic E-state index is 12.2. The van der Waals surface area contributed by atoms with E-state index in [0.29, 0.717) is 6.42 Å². The third kappa shape index (κ3) is 5.57. The fourth-order valence-corrected chi connectivity index (χ4v) is 2.83. The van der Waals surface area contributed by atoms with Crippen LogP contribution in [-0.4, -0.2) is 22.0 Å². The van der Waals surface area contributed by atoms with E-state index in [9.17, 15) is 9.59 Å². The SMILES string of the molecule is O=C(O)Oc1ccc(-c2cnc(C(=O)CCCCCCc3ccccc3)o2)o1. The number of rotatable bonds is 10. The van der Waals surface area contributed by atoms with Crippen LogP contribution in [0.15, 0.2) is 57.5 Å². The molecule has 2 heterocycles. The van der Waals surface area contributed by atoms with Crippen molar-refractivity contribution >= 4 is 11.9 Å². The Balaban J connectivity index is 1.40. The highest BCUT2D eigenvalue weighted by Gasteiger charge is 2.17. The monoisotopic (exact) mass is 383 g/mol. The number of hydrogen-bond donors (Lipinski definition) is 1. The number of ketones is 1. The van der Waals surface area contributed by atoms with E-state index in [1.165, 1.54) is 23.9 Å². The summed E-state index contributed by atoms with van der Waals surface area (Å²) in [4.78, 5) is 26.7. The number of hydrogen-bond acceptors (Lipinski definition) is 6. The summed E-state index contributed by atoms with van der Waals surface area (Å²) in [5.41, 5.74) is 1.33. The molecular weight excluding hydrogens is 362 g/mol. The van der Waals surface area contributed by atoms with E-state index in [2.05, 4.69) is 21.9 Å². The van der Waals surface area contributed by atoms with Crippen molar-refractivity contribution in [2.75, 3.05) is 0 Å². The maximum Gasteiger partial charge on any atom is 0.513 e. The van der Waals surface area contributed by atoms with Gasteiger partial charge in [-0.15, -0.1) is 0 Å². The van der Waals surface area contributed by atoms with Crippen LogP contribution in [0.4, 0.5) is 4.79 Å². The third-order valence-electron chi connectivity index (χ3n) is 4.22. The van der Waals surface area contributed by atoms with E-state index >= 15 is 0 Å². The lowest BCUT2D eigenvalue weighted by Crippen LogP contribution is -2.01. The van der Waals surface area contributed by atoms with Gasteiger partial charge in [0, 0.05) is 12.5 Å². The van der Waals surface area contributed by atoms with Crippen LogP contribution in [0.3, 0.4) is 0 Å². The number of aryl methyl sites for hydroxylation is 1. The number of furan rings is 1. The molecule has 7 nitrogen and oxygen atoms in total. The normalized spacial score (nSPS) is 10.7. The van der Waals surface area contributed by atoms with Crippen molar-refractivity contribution in [2.45, 2.75) is 38.5 Å². The third-order valence-corrected chi connectivity index (χ3v) is 4.22. The van der Waals surface area contributed by atoms with Gasteiger partial charge in [-0.25, -0.2) is 9.78 Å². The molecule has 0 fully saturated rings. The number of benzene rings is 1. The number of Topliss-reactive ketones (excluding diaryl/α,β-unsaturated/α-hetero) is 1. The molecule has 0 saturated heterocycles. The molecule has 0 aliphatic carbocycles. The molecule has 0 aliphatic heterocycles. The van der Waals surface area contributed by atoms with Crippen LogP contribution in [0.2, 0.25) is 0 Å². The van der Waals surface area contributed by atoms with Gasteiger partial charge in [-0.1, -0.05) is 43.2 Å². The van der Waals surface area contributed by atoms with Crippen molar-refractivity contribution in [3.8, 4) is 17.5 Å². The zero-order valence-electron chi connectivity index (χ0n) is 15.3. The molecular formula is C21H21NO6. The summed E-state index contributed by atoms with van der Waals surface area (Å²) in [5.74, 6) is 0.164. The predicted molar refractivity (Wildman–Crippen MR) is 100 cm³/mol. The Kier molecular flexibility index (Phi) is 6.62. The molecule has 28 heavy (non-hydrogen) atoms. The number of carboxylic acid groups (broad SMARTS) is 1. The molecule has 0 amide bonds. The molecule has 1 N–H and O–H groups in total. The Morgan fingerprint density at radius 2 is 1.71 bits per heavy atom. The van der Waals surface area contributed by atoms with Gasteiger partial charge in [0.05, 0.1) is 6.20 Å². The summed E-state index contributed by atoms with van der Waals surface area (Å²) < 4.78 is 15.0. The molecule has 0 unspecified atom stereocenters. The first-order valence-corrected chi connectivity index (χ1v) is 9.16. The van der Waals surface area contributed by atoms with E-state index in [-0.39, 0.29) is 29.1 Å². The zero-order chi connectivity index (χ0) is 19.8. The summed E-state index contributed by atoms with van der Waals surface area (Å²) >= 11 is 0. The molecule has 0 atom stereocenters. The Bertz CT molecular complexity index is 912. The van der Waals surface area contributed by atoms with Gasteiger partial charge < -0.3 is 18.7 Å². The Morgan fingerprint density at radius 1 is 0.929 bits per heavy atom. The molecule has 0 spiro atoms. The van der Waals surface area contributed by atoms with Crippen LogP contribution in [0.5, 0.6) is 5.95 Å². The van der Waals surface area contributed by atoms with E-state index in [0.717, 1.165) is 32.1 Å². The lowest BCUT2D eigenvalue weighted by atomic mass is 10.0. The minimum atomic E-state index is -1.47. The van der Waals surface area contributed by atoms with Gasteiger partial charge in [0.25, 0.3) is 11.8 Å². The Hall–Kier alpha value is -3.35. The molecule has 7 heteroatoms. The molecule has 2 aromatic heterocycles. The highest BCUT2D eigenvalue weighted by Crippen LogP contribution is 2.27. The van der Waals surface area contributed by atoms with Gasteiger partial charge in [0.2, 0.25) is 5.78 Å². The van der Waals surface area contributed by atoms with Crippen LogP contribution < -0.4 is 4.74 Å². The van der Waals surface area contributed by atoms with Gasteiger partial charge in [0.1, 0.15) is 0 Å². The van der Waals surface area contributed by atoms with Crippen molar-refractivity contribution in [3.05, 3.63) is 60.1 Å². The quantitative estimate of drug-likeness (QED) is 0.285. The molecule has 0 saturated carbocycles. The van der Waals surface area contributed by atoms with Gasteiger partial charge in [-0.2, -0.15) is 0 Å². The summed E-state index contributed by atoms with van der Waals surface area (Å²) in [6.45, 7) is 0. The van der Waals surface area contributed by atoms with Gasteiger partial charge in [-0.3, -0.25) is 4.79 Å². The van der Waals surface area contributed by atoms with Crippen LogP contribution >= 0.6 is 0 Å². The van der Waals surface area contributed by atoms with E-state index in [1.807, 2.05) is 18.2 Å². The molecule has 0 radical (unpaired) electrons. The largest absolute Gasteiger partial charge is 0.513 e. The van der Waals surface area contributed by atoms with Gasteiger partial charge in [0.15, 0.2) is 11.5 Å². The second-order valence-electron chi connectivity index (χ2n) is 6.34. The van der Waals surface area contributed by atoms with Gasteiger partial charge >= 0.3 is 6.16 Å². The first-order chi connectivity index (χ1) is 13.6. The summed E-state index contributed by atoms with van der Waals surface area (Å²) in [5, 5.41) is 8.56. The number of aromatic nitrogens is 1. The molecule has 3 aromatic rings. The lowest BCUT2D eigenvalue weighted by Gasteiger charge is -2.01. The van der Waals surface area contributed by atoms with E-state index in [4.69, 9.17) is 13.9 Å². The number of oxazole rings is 1. The Labute approximate surface area is 162 Å². The fourth-order valence-electron chi connectivity index (χ4n) is 2.83.